The highest BCUT2D eigenvalue weighted by atomic mass is 32.1. The standard InChI is InChI=1S/C19H20N6OS/c1-12-16-9-17(27-19(16)24(4)22-12)18(26)23(3)13(2)14-5-7-15(8-6-14)25-11-20-10-21-25/h5-11,13H,1-4H3. The first-order valence-corrected chi connectivity index (χ1v) is 9.42. The molecule has 0 aliphatic carbocycles. The van der Waals surface area contributed by atoms with Crippen LogP contribution in [0.3, 0.4) is 0 Å². The van der Waals surface area contributed by atoms with Gasteiger partial charge in [-0.1, -0.05) is 12.1 Å². The lowest BCUT2D eigenvalue weighted by Crippen LogP contribution is -2.29. The molecule has 1 amide bonds. The molecule has 0 saturated heterocycles. The molecule has 7 nitrogen and oxygen atoms in total. The molecule has 1 aromatic carbocycles. The van der Waals surface area contributed by atoms with Gasteiger partial charge in [-0.15, -0.1) is 11.3 Å². The van der Waals surface area contributed by atoms with Crippen LogP contribution in [0.2, 0.25) is 0 Å². The van der Waals surface area contributed by atoms with Crippen molar-refractivity contribution in [3.8, 4) is 5.69 Å². The van der Waals surface area contributed by atoms with Crippen molar-refractivity contribution in [3.05, 3.63) is 59.1 Å². The van der Waals surface area contributed by atoms with E-state index in [0.717, 1.165) is 32.0 Å². The van der Waals surface area contributed by atoms with Gasteiger partial charge in [-0.25, -0.2) is 9.67 Å². The molecule has 1 atom stereocenters. The van der Waals surface area contributed by atoms with E-state index >= 15 is 0 Å². The van der Waals surface area contributed by atoms with Gasteiger partial charge < -0.3 is 4.90 Å². The van der Waals surface area contributed by atoms with Gasteiger partial charge in [0.1, 0.15) is 17.5 Å². The van der Waals surface area contributed by atoms with Gasteiger partial charge in [-0.3, -0.25) is 9.48 Å². The molecule has 3 heterocycles. The molecule has 0 saturated carbocycles. The van der Waals surface area contributed by atoms with Crippen LogP contribution in [-0.4, -0.2) is 42.4 Å². The van der Waals surface area contributed by atoms with Crippen LogP contribution < -0.4 is 0 Å². The molecule has 0 aliphatic heterocycles. The summed E-state index contributed by atoms with van der Waals surface area (Å²) in [6, 6.07) is 9.89. The minimum atomic E-state index is -0.0493. The van der Waals surface area contributed by atoms with E-state index in [9.17, 15) is 4.79 Å². The van der Waals surface area contributed by atoms with Gasteiger partial charge in [0, 0.05) is 19.5 Å². The molecule has 0 fully saturated rings. The first kappa shape index (κ1) is 17.4. The number of rotatable bonds is 4. The minimum absolute atomic E-state index is 0.0171. The quantitative estimate of drug-likeness (QED) is 0.544. The van der Waals surface area contributed by atoms with Crippen LogP contribution in [0.5, 0.6) is 0 Å². The molecule has 0 N–H and O–H groups in total. The third-order valence-electron chi connectivity index (χ3n) is 4.87. The fraction of sp³-hybridized carbons (Fsp3) is 0.263. The van der Waals surface area contributed by atoms with Gasteiger partial charge in [-0.05, 0) is 37.6 Å². The minimum Gasteiger partial charge on any atom is -0.334 e. The number of hydrogen-bond donors (Lipinski definition) is 0. The van der Waals surface area contributed by atoms with Crippen LogP contribution in [0.1, 0.15) is 33.9 Å². The molecule has 3 aromatic heterocycles. The Hall–Kier alpha value is -3.00. The van der Waals surface area contributed by atoms with Crippen molar-refractivity contribution in [2.75, 3.05) is 7.05 Å². The van der Waals surface area contributed by atoms with E-state index in [-0.39, 0.29) is 11.9 Å². The van der Waals surface area contributed by atoms with Crippen molar-refractivity contribution < 1.29 is 4.79 Å². The Morgan fingerprint density at radius 3 is 2.63 bits per heavy atom. The fourth-order valence-corrected chi connectivity index (χ4v) is 4.24. The van der Waals surface area contributed by atoms with Crippen LogP contribution in [0.4, 0.5) is 0 Å². The number of benzene rings is 1. The Morgan fingerprint density at radius 1 is 1.26 bits per heavy atom. The van der Waals surface area contributed by atoms with Gasteiger partial charge in [0.25, 0.3) is 5.91 Å². The zero-order chi connectivity index (χ0) is 19.1. The van der Waals surface area contributed by atoms with Gasteiger partial charge in [0.15, 0.2) is 0 Å². The number of aryl methyl sites for hydroxylation is 2. The highest BCUT2D eigenvalue weighted by Gasteiger charge is 2.22. The molecule has 4 rings (SSSR count). The number of hydrogen-bond acceptors (Lipinski definition) is 5. The predicted octanol–water partition coefficient (Wildman–Crippen LogP) is 3.36. The Bertz CT molecular complexity index is 1060. The summed E-state index contributed by atoms with van der Waals surface area (Å²) in [6.07, 6.45) is 3.16. The summed E-state index contributed by atoms with van der Waals surface area (Å²) in [5, 5.41) is 9.57. The highest BCUT2D eigenvalue weighted by Crippen LogP contribution is 2.30. The molecular weight excluding hydrogens is 360 g/mol. The second kappa shape index (κ2) is 6.62. The zero-order valence-corrected chi connectivity index (χ0v) is 16.4. The van der Waals surface area contributed by atoms with Gasteiger partial charge in [-0.2, -0.15) is 10.2 Å². The Kier molecular flexibility index (Phi) is 4.27. The van der Waals surface area contributed by atoms with Crippen molar-refractivity contribution in [2.24, 2.45) is 7.05 Å². The van der Waals surface area contributed by atoms with E-state index in [1.165, 1.54) is 17.7 Å². The molecule has 8 heteroatoms. The lowest BCUT2D eigenvalue weighted by atomic mass is 10.1. The average Bonchev–Trinajstić information content (AvgIpc) is 3.40. The molecule has 4 aromatic rings. The largest absolute Gasteiger partial charge is 0.334 e. The molecular formula is C19H20N6OS. The number of nitrogens with zero attached hydrogens (tertiary/aromatic N) is 6. The van der Waals surface area contributed by atoms with Gasteiger partial charge in [0.2, 0.25) is 0 Å². The van der Waals surface area contributed by atoms with Crippen LogP contribution in [0, 0.1) is 6.92 Å². The number of thiophene rings is 1. The molecule has 1 unspecified atom stereocenters. The van der Waals surface area contributed by atoms with Gasteiger partial charge in [0.05, 0.1) is 22.3 Å². The van der Waals surface area contributed by atoms with Crippen molar-refractivity contribution in [1.82, 2.24) is 29.4 Å². The number of carbonyl (C=O) groups is 1. The SMILES string of the molecule is Cc1nn(C)c2sc(C(=O)N(C)C(C)c3ccc(-n4cncn4)cc3)cc12. The summed E-state index contributed by atoms with van der Waals surface area (Å²) in [4.78, 5) is 20.5. The summed E-state index contributed by atoms with van der Waals surface area (Å²) in [5.41, 5.74) is 2.95. The number of carbonyl (C=O) groups excluding carboxylic acids is 1. The number of amides is 1. The first-order chi connectivity index (χ1) is 13.0. The monoisotopic (exact) mass is 380 g/mol. The van der Waals surface area contributed by atoms with Crippen molar-refractivity contribution >= 4 is 27.5 Å². The van der Waals surface area contributed by atoms with Crippen LogP contribution >= 0.6 is 11.3 Å². The Balaban J connectivity index is 1.56. The molecule has 0 bridgehead atoms. The van der Waals surface area contributed by atoms with Crippen molar-refractivity contribution in [2.45, 2.75) is 19.9 Å². The van der Waals surface area contributed by atoms with Crippen LogP contribution in [0.25, 0.3) is 15.9 Å². The predicted molar refractivity (Wildman–Crippen MR) is 105 cm³/mol. The maximum atomic E-state index is 13.0. The summed E-state index contributed by atoms with van der Waals surface area (Å²) in [6.45, 7) is 3.99. The molecule has 27 heavy (non-hydrogen) atoms. The van der Waals surface area contributed by atoms with Crippen molar-refractivity contribution in [3.63, 3.8) is 0 Å². The van der Waals surface area contributed by atoms with E-state index < -0.39 is 0 Å². The van der Waals surface area contributed by atoms with E-state index in [4.69, 9.17) is 0 Å². The lowest BCUT2D eigenvalue weighted by molar-refractivity contribution is 0.0747. The normalized spacial score (nSPS) is 12.4. The lowest BCUT2D eigenvalue weighted by Gasteiger charge is -2.25. The first-order valence-electron chi connectivity index (χ1n) is 8.61. The summed E-state index contributed by atoms with van der Waals surface area (Å²) in [5.74, 6) is 0.0171. The van der Waals surface area contributed by atoms with Crippen molar-refractivity contribution in [1.29, 1.82) is 0 Å². The maximum absolute atomic E-state index is 13.0. The third kappa shape index (κ3) is 3.02. The average molecular weight is 380 g/mol. The topological polar surface area (TPSA) is 68.8 Å². The Labute approximate surface area is 160 Å². The third-order valence-corrected chi connectivity index (χ3v) is 6.06. The molecule has 0 aliphatic rings. The molecule has 0 radical (unpaired) electrons. The van der Waals surface area contributed by atoms with E-state index in [1.54, 1.807) is 15.9 Å². The second-order valence-corrected chi connectivity index (χ2v) is 7.59. The Morgan fingerprint density at radius 2 is 2.00 bits per heavy atom. The van der Waals surface area contributed by atoms with Gasteiger partial charge >= 0.3 is 0 Å². The molecule has 0 spiro atoms. The smallest absolute Gasteiger partial charge is 0.264 e. The highest BCUT2D eigenvalue weighted by molar-refractivity contribution is 7.20. The fourth-order valence-electron chi connectivity index (χ4n) is 3.13. The maximum Gasteiger partial charge on any atom is 0.264 e. The second-order valence-electron chi connectivity index (χ2n) is 6.56. The summed E-state index contributed by atoms with van der Waals surface area (Å²) < 4.78 is 3.54. The van der Waals surface area contributed by atoms with E-state index in [2.05, 4.69) is 15.2 Å². The molecule has 138 valence electrons. The summed E-state index contributed by atoms with van der Waals surface area (Å²) >= 11 is 1.49. The van der Waals surface area contributed by atoms with E-state index in [0.29, 0.717) is 0 Å². The number of aromatic nitrogens is 5. The van der Waals surface area contributed by atoms with Crippen LogP contribution in [-0.2, 0) is 7.05 Å². The zero-order valence-electron chi connectivity index (χ0n) is 15.6. The van der Waals surface area contributed by atoms with Crippen LogP contribution in [0.15, 0.2) is 43.0 Å². The summed E-state index contributed by atoms with van der Waals surface area (Å²) in [7, 11) is 3.75. The van der Waals surface area contributed by atoms with E-state index in [1.807, 2.05) is 63.0 Å². The number of fused-ring (bicyclic) bond motifs is 1.